The van der Waals surface area contributed by atoms with E-state index in [9.17, 15) is 14.4 Å². The van der Waals surface area contributed by atoms with Gasteiger partial charge < -0.3 is 14.0 Å². The standard InChI is InChI=1S/C17H12Cl2N2O5S2/c1-25-13(22)7-21-10-4-3-8(16(24)26-2)5-11(10)27-17(21)20-15(23)9-6-12(18)28-14(9)19/h3-6H,7H2,1-2H3. The third-order valence-corrected chi connectivity index (χ3v) is 6.23. The second-order valence-corrected chi connectivity index (χ2v) is 8.67. The summed E-state index contributed by atoms with van der Waals surface area (Å²) in [4.78, 5) is 40.5. The highest BCUT2D eigenvalue weighted by Gasteiger charge is 2.17. The highest BCUT2D eigenvalue weighted by Crippen LogP contribution is 2.31. The molecule has 146 valence electrons. The van der Waals surface area contributed by atoms with E-state index in [1.807, 2.05) is 0 Å². The summed E-state index contributed by atoms with van der Waals surface area (Å²) < 4.78 is 12.2. The number of ether oxygens (including phenoxy) is 2. The molecule has 0 atom stereocenters. The van der Waals surface area contributed by atoms with Crippen LogP contribution in [-0.2, 0) is 20.8 Å². The third-order valence-electron chi connectivity index (χ3n) is 3.70. The van der Waals surface area contributed by atoms with Crippen LogP contribution in [0.5, 0.6) is 0 Å². The molecule has 1 aromatic carbocycles. The Morgan fingerprint density at radius 1 is 1.11 bits per heavy atom. The summed E-state index contributed by atoms with van der Waals surface area (Å²) in [6, 6.07) is 6.26. The minimum atomic E-state index is -0.591. The van der Waals surface area contributed by atoms with Crippen molar-refractivity contribution in [2.45, 2.75) is 6.54 Å². The Bertz CT molecular complexity index is 1160. The van der Waals surface area contributed by atoms with Crippen molar-refractivity contribution in [3.63, 3.8) is 0 Å². The lowest BCUT2D eigenvalue weighted by Crippen LogP contribution is -2.22. The van der Waals surface area contributed by atoms with E-state index in [4.69, 9.17) is 32.7 Å². The molecule has 0 bridgehead atoms. The SMILES string of the molecule is COC(=O)Cn1c(=NC(=O)c2cc(Cl)sc2Cl)sc2cc(C(=O)OC)ccc21. The summed E-state index contributed by atoms with van der Waals surface area (Å²) in [5, 5.41) is 0. The molecule has 2 heterocycles. The van der Waals surface area contributed by atoms with E-state index in [-0.39, 0.29) is 21.2 Å². The predicted molar refractivity (Wildman–Crippen MR) is 107 cm³/mol. The van der Waals surface area contributed by atoms with E-state index < -0.39 is 17.8 Å². The smallest absolute Gasteiger partial charge is 0.337 e. The molecule has 0 N–H and O–H groups in total. The Labute approximate surface area is 176 Å². The number of aromatic nitrogens is 1. The fraction of sp³-hybridized carbons (Fsp3) is 0.176. The van der Waals surface area contributed by atoms with Crippen LogP contribution >= 0.6 is 45.9 Å². The molecule has 0 aliphatic heterocycles. The van der Waals surface area contributed by atoms with Crippen molar-refractivity contribution in [2.75, 3.05) is 14.2 Å². The first-order chi connectivity index (χ1) is 13.3. The highest BCUT2D eigenvalue weighted by molar-refractivity contribution is 7.20. The number of halogens is 2. The van der Waals surface area contributed by atoms with Crippen molar-refractivity contribution in [3.05, 3.63) is 48.9 Å². The number of nitrogens with zero attached hydrogens (tertiary/aromatic N) is 2. The van der Waals surface area contributed by atoms with Gasteiger partial charge in [-0.05, 0) is 24.3 Å². The average molecular weight is 459 g/mol. The summed E-state index contributed by atoms with van der Waals surface area (Å²) in [7, 11) is 2.55. The second-order valence-electron chi connectivity index (χ2n) is 5.38. The van der Waals surface area contributed by atoms with Gasteiger partial charge in [-0.15, -0.1) is 11.3 Å². The lowest BCUT2D eigenvalue weighted by Gasteiger charge is -2.04. The van der Waals surface area contributed by atoms with Crippen molar-refractivity contribution in [1.29, 1.82) is 0 Å². The van der Waals surface area contributed by atoms with Crippen molar-refractivity contribution >= 4 is 73.9 Å². The lowest BCUT2D eigenvalue weighted by molar-refractivity contribution is -0.141. The second kappa shape index (κ2) is 8.44. The molecule has 0 saturated heterocycles. The summed E-state index contributed by atoms with van der Waals surface area (Å²) >= 11 is 14.1. The van der Waals surface area contributed by atoms with E-state index >= 15 is 0 Å². The number of hydrogen-bond acceptors (Lipinski definition) is 7. The molecule has 28 heavy (non-hydrogen) atoms. The van der Waals surface area contributed by atoms with Crippen LogP contribution in [0.15, 0.2) is 29.3 Å². The Balaban J connectivity index is 2.17. The summed E-state index contributed by atoms with van der Waals surface area (Å²) in [5.41, 5.74) is 1.13. The van der Waals surface area contributed by atoms with Crippen molar-refractivity contribution in [1.82, 2.24) is 4.57 Å². The quantitative estimate of drug-likeness (QED) is 0.555. The Kier molecular flexibility index (Phi) is 6.19. The zero-order valence-electron chi connectivity index (χ0n) is 14.5. The van der Waals surface area contributed by atoms with Crippen LogP contribution in [0.25, 0.3) is 10.2 Å². The lowest BCUT2D eigenvalue weighted by atomic mass is 10.2. The molecule has 2 aromatic heterocycles. The molecular weight excluding hydrogens is 447 g/mol. The molecular formula is C17H12Cl2N2O5S2. The van der Waals surface area contributed by atoms with Crippen LogP contribution in [-0.4, -0.2) is 36.6 Å². The summed E-state index contributed by atoms with van der Waals surface area (Å²) in [6.07, 6.45) is 0. The number of thiophene rings is 1. The van der Waals surface area contributed by atoms with Gasteiger partial charge in [0.15, 0.2) is 4.80 Å². The molecule has 1 amide bonds. The van der Waals surface area contributed by atoms with Crippen LogP contribution < -0.4 is 4.80 Å². The number of hydrogen-bond donors (Lipinski definition) is 0. The fourth-order valence-corrected chi connectivity index (χ4v) is 4.90. The average Bonchev–Trinajstić information content (AvgIpc) is 3.19. The van der Waals surface area contributed by atoms with E-state index in [0.29, 0.717) is 20.1 Å². The first-order valence-electron chi connectivity index (χ1n) is 7.66. The van der Waals surface area contributed by atoms with Crippen LogP contribution in [0.2, 0.25) is 8.67 Å². The van der Waals surface area contributed by atoms with E-state index in [0.717, 1.165) is 22.7 Å². The highest BCUT2D eigenvalue weighted by atomic mass is 35.5. The number of benzene rings is 1. The Morgan fingerprint density at radius 2 is 1.86 bits per heavy atom. The molecule has 3 aromatic rings. The van der Waals surface area contributed by atoms with Crippen molar-refractivity contribution in [3.8, 4) is 0 Å². The first kappa shape index (κ1) is 20.5. The molecule has 0 aliphatic carbocycles. The molecule has 0 fully saturated rings. The largest absolute Gasteiger partial charge is 0.468 e. The van der Waals surface area contributed by atoms with Crippen molar-refractivity contribution < 1.29 is 23.9 Å². The van der Waals surface area contributed by atoms with Crippen molar-refractivity contribution in [2.24, 2.45) is 4.99 Å². The monoisotopic (exact) mass is 458 g/mol. The number of carbonyl (C=O) groups excluding carboxylic acids is 3. The van der Waals surface area contributed by atoms with Gasteiger partial charge in [-0.2, -0.15) is 4.99 Å². The zero-order valence-corrected chi connectivity index (χ0v) is 17.7. The van der Waals surface area contributed by atoms with Gasteiger partial charge in [-0.3, -0.25) is 9.59 Å². The summed E-state index contributed by atoms with van der Waals surface area (Å²) in [6.45, 7) is -0.154. The van der Waals surface area contributed by atoms with E-state index in [1.54, 1.807) is 18.2 Å². The van der Waals surface area contributed by atoms with E-state index in [2.05, 4.69) is 4.99 Å². The van der Waals surface area contributed by atoms with Gasteiger partial charge in [0.05, 0.1) is 39.9 Å². The fourth-order valence-electron chi connectivity index (χ4n) is 2.38. The van der Waals surface area contributed by atoms with Gasteiger partial charge in [-0.1, -0.05) is 34.5 Å². The molecule has 0 saturated carbocycles. The molecule has 0 aliphatic rings. The molecule has 0 spiro atoms. The maximum Gasteiger partial charge on any atom is 0.337 e. The Morgan fingerprint density at radius 3 is 2.46 bits per heavy atom. The van der Waals surface area contributed by atoms with Crippen LogP contribution in [0.3, 0.4) is 0 Å². The van der Waals surface area contributed by atoms with Gasteiger partial charge in [-0.25, -0.2) is 4.79 Å². The number of carbonyl (C=O) groups is 3. The maximum absolute atomic E-state index is 12.6. The molecule has 0 radical (unpaired) electrons. The number of fused-ring (bicyclic) bond motifs is 1. The van der Waals surface area contributed by atoms with E-state index in [1.165, 1.54) is 24.9 Å². The topological polar surface area (TPSA) is 87.0 Å². The maximum atomic E-state index is 12.6. The number of thiazole rings is 1. The van der Waals surface area contributed by atoms with Gasteiger partial charge in [0.2, 0.25) is 0 Å². The normalized spacial score (nSPS) is 11.6. The summed E-state index contributed by atoms with van der Waals surface area (Å²) in [5.74, 6) is -1.60. The molecule has 0 unspecified atom stereocenters. The molecule has 11 heteroatoms. The molecule has 3 rings (SSSR count). The van der Waals surface area contributed by atoms with Gasteiger partial charge in [0, 0.05) is 0 Å². The molecule has 7 nitrogen and oxygen atoms in total. The minimum Gasteiger partial charge on any atom is -0.468 e. The number of rotatable bonds is 4. The minimum absolute atomic E-state index is 0.154. The van der Waals surface area contributed by atoms with Crippen LogP contribution in [0, 0.1) is 0 Å². The van der Waals surface area contributed by atoms with Gasteiger partial charge in [0.25, 0.3) is 5.91 Å². The van der Waals surface area contributed by atoms with Crippen LogP contribution in [0.1, 0.15) is 20.7 Å². The van der Waals surface area contributed by atoms with Gasteiger partial charge in [0.1, 0.15) is 10.9 Å². The number of esters is 2. The van der Waals surface area contributed by atoms with Gasteiger partial charge >= 0.3 is 11.9 Å². The third kappa shape index (κ3) is 4.12. The number of methoxy groups -OCH3 is 2. The number of amides is 1. The first-order valence-corrected chi connectivity index (χ1v) is 10.1. The van der Waals surface area contributed by atoms with Crippen LogP contribution in [0.4, 0.5) is 0 Å². The Hall–Kier alpha value is -2.20. The zero-order chi connectivity index (χ0) is 20.4. The predicted octanol–water partition coefficient (Wildman–Crippen LogP) is 3.77.